The van der Waals surface area contributed by atoms with Gasteiger partial charge in [-0.05, 0) is 25.3 Å². The molecule has 0 saturated carbocycles. The molecule has 1 amide bonds. The van der Waals surface area contributed by atoms with Crippen LogP contribution in [0.1, 0.15) is 13.8 Å². The molecule has 0 saturated heterocycles. The Bertz CT molecular complexity index is 552. The molecule has 0 aliphatic rings. The van der Waals surface area contributed by atoms with Crippen molar-refractivity contribution in [2.75, 3.05) is 27.2 Å². The summed E-state index contributed by atoms with van der Waals surface area (Å²) in [4.78, 5) is 13.4. The van der Waals surface area contributed by atoms with Crippen LogP contribution in [-0.2, 0) is 14.8 Å². The maximum Gasteiger partial charge on any atom is 0.252 e. The van der Waals surface area contributed by atoms with Crippen LogP contribution in [0, 0.1) is 0 Å². The Morgan fingerprint density at radius 2 is 2.00 bits per heavy atom. The zero-order chi connectivity index (χ0) is 15.6. The van der Waals surface area contributed by atoms with Crippen LogP contribution in [0.25, 0.3) is 0 Å². The van der Waals surface area contributed by atoms with Crippen molar-refractivity contribution in [1.82, 2.24) is 9.21 Å². The number of amides is 1. The SMILES string of the molecule is CN(C(=O)CN(C)S(=O)(=O)c1cccs1)C(C)(C)CO. The van der Waals surface area contributed by atoms with Crippen molar-refractivity contribution in [3.63, 3.8) is 0 Å². The summed E-state index contributed by atoms with van der Waals surface area (Å²) in [5.41, 5.74) is -0.732. The number of sulfonamides is 1. The second-order valence-corrected chi connectivity index (χ2v) is 8.34. The van der Waals surface area contributed by atoms with Crippen molar-refractivity contribution in [2.24, 2.45) is 0 Å². The first-order valence-electron chi connectivity index (χ1n) is 6.00. The lowest BCUT2D eigenvalue weighted by molar-refractivity contribution is -0.136. The van der Waals surface area contributed by atoms with Crippen molar-refractivity contribution in [3.8, 4) is 0 Å². The molecule has 0 unspecified atom stereocenters. The maximum atomic E-state index is 12.2. The van der Waals surface area contributed by atoms with Crippen molar-refractivity contribution in [2.45, 2.75) is 23.6 Å². The van der Waals surface area contributed by atoms with Crippen LogP contribution in [0.4, 0.5) is 0 Å². The summed E-state index contributed by atoms with van der Waals surface area (Å²) in [6.45, 7) is 2.95. The van der Waals surface area contributed by atoms with Gasteiger partial charge in [-0.25, -0.2) is 8.42 Å². The van der Waals surface area contributed by atoms with Gasteiger partial charge in [-0.1, -0.05) is 6.07 Å². The van der Waals surface area contributed by atoms with Gasteiger partial charge in [0.25, 0.3) is 10.0 Å². The number of hydrogen-bond donors (Lipinski definition) is 1. The van der Waals surface area contributed by atoms with E-state index in [0.29, 0.717) is 0 Å². The molecule has 0 fully saturated rings. The summed E-state index contributed by atoms with van der Waals surface area (Å²) in [6.07, 6.45) is 0. The van der Waals surface area contributed by atoms with Crippen LogP contribution < -0.4 is 0 Å². The predicted molar refractivity (Wildman–Crippen MR) is 78.1 cm³/mol. The summed E-state index contributed by atoms with van der Waals surface area (Å²) in [5.74, 6) is -0.369. The maximum absolute atomic E-state index is 12.2. The molecule has 20 heavy (non-hydrogen) atoms. The van der Waals surface area contributed by atoms with Crippen molar-refractivity contribution in [1.29, 1.82) is 0 Å². The van der Waals surface area contributed by atoms with Gasteiger partial charge in [-0.15, -0.1) is 11.3 Å². The molecule has 1 aromatic heterocycles. The largest absolute Gasteiger partial charge is 0.394 e. The van der Waals surface area contributed by atoms with Gasteiger partial charge in [-0.3, -0.25) is 4.79 Å². The van der Waals surface area contributed by atoms with E-state index in [9.17, 15) is 18.3 Å². The summed E-state index contributed by atoms with van der Waals surface area (Å²) >= 11 is 1.11. The standard InChI is InChI=1S/C12H20N2O4S2/c1-12(2,9-15)14(4)10(16)8-13(3)20(17,18)11-6-5-7-19-11/h5-7,15H,8-9H2,1-4H3. The zero-order valence-corrected chi connectivity index (χ0v) is 13.7. The minimum Gasteiger partial charge on any atom is -0.394 e. The van der Waals surface area contributed by atoms with Gasteiger partial charge < -0.3 is 10.0 Å². The molecule has 0 aliphatic heterocycles. The number of aliphatic hydroxyl groups is 1. The average molecular weight is 320 g/mol. The Hall–Kier alpha value is -0.960. The van der Waals surface area contributed by atoms with E-state index in [1.165, 1.54) is 18.0 Å². The number of aliphatic hydroxyl groups excluding tert-OH is 1. The highest BCUT2D eigenvalue weighted by Crippen LogP contribution is 2.20. The summed E-state index contributed by atoms with van der Waals surface area (Å²) in [6, 6.07) is 3.15. The van der Waals surface area contributed by atoms with E-state index >= 15 is 0 Å². The minimum atomic E-state index is -3.63. The Morgan fingerprint density at radius 1 is 1.40 bits per heavy atom. The predicted octanol–water partition coefficient (Wildman–Crippen LogP) is 0.598. The number of carbonyl (C=O) groups excluding carboxylic acids is 1. The first-order valence-corrected chi connectivity index (χ1v) is 8.32. The molecule has 1 N–H and O–H groups in total. The quantitative estimate of drug-likeness (QED) is 0.832. The van der Waals surface area contributed by atoms with Crippen LogP contribution >= 0.6 is 11.3 Å². The third-order valence-corrected chi connectivity index (χ3v) is 6.36. The van der Waals surface area contributed by atoms with Crippen molar-refractivity contribution >= 4 is 27.3 Å². The molecule has 0 bridgehead atoms. The molecule has 8 heteroatoms. The lowest BCUT2D eigenvalue weighted by Crippen LogP contribution is -2.51. The third kappa shape index (κ3) is 3.57. The van der Waals surface area contributed by atoms with Crippen LogP contribution in [0.5, 0.6) is 0 Å². The molecule has 0 atom stereocenters. The van der Waals surface area contributed by atoms with Crippen molar-refractivity contribution in [3.05, 3.63) is 17.5 Å². The monoisotopic (exact) mass is 320 g/mol. The number of likely N-dealkylation sites (N-methyl/N-ethyl adjacent to an activating group) is 2. The molecule has 0 aromatic carbocycles. The fourth-order valence-electron chi connectivity index (χ4n) is 1.39. The van der Waals surface area contributed by atoms with Gasteiger partial charge in [0.05, 0.1) is 18.7 Å². The van der Waals surface area contributed by atoms with E-state index in [1.807, 2.05) is 0 Å². The molecule has 6 nitrogen and oxygen atoms in total. The highest BCUT2D eigenvalue weighted by atomic mass is 32.2. The van der Waals surface area contributed by atoms with Gasteiger partial charge in [-0.2, -0.15) is 4.31 Å². The van der Waals surface area contributed by atoms with E-state index < -0.39 is 15.6 Å². The Morgan fingerprint density at radius 3 is 2.45 bits per heavy atom. The fraction of sp³-hybridized carbons (Fsp3) is 0.583. The number of thiophene rings is 1. The van der Waals surface area contributed by atoms with Gasteiger partial charge in [0.1, 0.15) is 4.21 Å². The van der Waals surface area contributed by atoms with Gasteiger partial charge in [0.2, 0.25) is 5.91 Å². The molecule has 114 valence electrons. The Kier molecular flexibility index (Phi) is 5.31. The summed E-state index contributed by atoms with van der Waals surface area (Å²) in [7, 11) is -0.721. The van der Waals surface area contributed by atoms with E-state index in [0.717, 1.165) is 15.6 Å². The lowest BCUT2D eigenvalue weighted by Gasteiger charge is -2.34. The minimum absolute atomic E-state index is 0.198. The molecular formula is C12H20N2O4S2. The van der Waals surface area contributed by atoms with E-state index in [1.54, 1.807) is 32.3 Å². The normalized spacial score (nSPS) is 12.7. The fourth-order valence-corrected chi connectivity index (χ4v) is 3.71. The van der Waals surface area contributed by atoms with Crippen LogP contribution in [0.15, 0.2) is 21.7 Å². The first-order chi connectivity index (χ1) is 9.13. The smallest absolute Gasteiger partial charge is 0.252 e. The first kappa shape index (κ1) is 17.1. The van der Waals surface area contributed by atoms with Gasteiger partial charge >= 0.3 is 0 Å². The van der Waals surface area contributed by atoms with E-state index in [2.05, 4.69) is 0 Å². The summed E-state index contributed by atoms with van der Waals surface area (Å²) in [5, 5.41) is 10.9. The number of rotatable bonds is 6. The van der Waals surface area contributed by atoms with Gasteiger partial charge in [0, 0.05) is 14.1 Å². The molecule has 0 spiro atoms. The van der Waals surface area contributed by atoms with Gasteiger partial charge in [0.15, 0.2) is 0 Å². The third-order valence-electron chi connectivity index (χ3n) is 3.19. The lowest BCUT2D eigenvalue weighted by atomic mass is 10.1. The Labute approximate surface area is 123 Å². The number of nitrogens with zero attached hydrogens (tertiary/aromatic N) is 2. The number of hydrogen-bond acceptors (Lipinski definition) is 5. The molecule has 1 heterocycles. The second-order valence-electron chi connectivity index (χ2n) is 5.12. The Balaban J connectivity index is 2.81. The highest BCUT2D eigenvalue weighted by Gasteiger charge is 2.30. The van der Waals surface area contributed by atoms with Crippen molar-refractivity contribution < 1.29 is 18.3 Å². The van der Waals surface area contributed by atoms with Crippen LogP contribution in [0.3, 0.4) is 0 Å². The highest BCUT2D eigenvalue weighted by molar-refractivity contribution is 7.91. The molecular weight excluding hydrogens is 300 g/mol. The zero-order valence-electron chi connectivity index (χ0n) is 12.0. The summed E-state index contributed by atoms with van der Waals surface area (Å²) < 4.78 is 25.6. The second kappa shape index (κ2) is 6.21. The average Bonchev–Trinajstić information content (AvgIpc) is 2.91. The van der Waals surface area contributed by atoms with E-state index in [4.69, 9.17) is 0 Å². The molecule has 0 radical (unpaired) electrons. The molecule has 1 rings (SSSR count). The van der Waals surface area contributed by atoms with Crippen LogP contribution in [-0.4, -0.2) is 61.4 Å². The molecule has 0 aliphatic carbocycles. The molecule has 1 aromatic rings. The van der Waals surface area contributed by atoms with Crippen LogP contribution in [0.2, 0.25) is 0 Å². The number of carbonyl (C=O) groups is 1. The van der Waals surface area contributed by atoms with E-state index in [-0.39, 0.29) is 23.3 Å². The topological polar surface area (TPSA) is 77.9 Å².